The van der Waals surface area contributed by atoms with Crippen molar-refractivity contribution >= 4 is 12.2 Å². The number of benzene rings is 1. The molecule has 0 spiro atoms. The first-order valence-electron chi connectivity index (χ1n) is 7.72. The molecular formula is C20H24. The summed E-state index contributed by atoms with van der Waals surface area (Å²) >= 11 is 0. The van der Waals surface area contributed by atoms with Gasteiger partial charge in [-0.2, -0.15) is 0 Å². The zero-order valence-electron chi connectivity index (χ0n) is 13.1. The Morgan fingerprint density at radius 2 is 1.60 bits per heavy atom. The number of fused-ring (bicyclic) bond motifs is 1. The van der Waals surface area contributed by atoms with Crippen molar-refractivity contribution in [1.82, 2.24) is 0 Å². The molecule has 1 aromatic rings. The topological polar surface area (TPSA) is 0 Å². The maximum Gasteiger partial charge on any atom is 0.00886 e. The molecule has 2 aliphatic carbocycles. The SMILES string of the molecule is CC1=CC=C(C)C(c2cc(C)c3c(c2C)=CCCC=3)C1. The van der Waals surface area contributed by atoms with E-state index in [9.17, 15) is 0 Å². The van der Waals surface area contributed by atoms with Gasteiger partial charge in [0, 0.05) is 5.92 Å². The first-order valence-corrected chi connectivity index (χ1v) is 7.72. The summed E-state index contributed by atoms with van der Waals surface area (Å²) in [6.07, 6.45) is 13.0. The molecular weight excluding hydrogens is 240 g/mol. The molecule has 0 fully saturated rings. The van der Waals surface area contributed by atoms with Crippen LogP contribution in [0.2, 0.25) is 0 Å². The Morgan fingerprint density at radius 1 is 0.900 bits per heavy atom. The van der Waals surface area contributed by atoms with Crippen LogP contribution in [0.15, 0.2) is 29.4 Å². The first-order chi connectivity index (χ1) is 9.58. The summed E-state index contributed by atoms with van der Waals surface area (Å²) in [5.74, 6) is 0.569. The van der Waals surface area contributed by atoms with Gasteiger partial charge in [0.05, 0.1) is 0 Å². The second-order valence-electron chi connectivity index (χ2n) is 6.40. The van der Waals surface area contributed by atoms with Crippen LogP contribution in [-0.2, 0) is 0 Å². The van der Waals surface area contributed by atoms with Crippen LogP contribution in [0.4, 0.5) is 0 Å². The molecule has 0 heteroatoms. The van der Waals surface area contributed by atoms with E-state index in [1.807, 2.05) is 0 Å². The molecule has 0 saturated heterocycles. The van der Waals surface area contributed by atoms with E-state index in [-0.39, 0.29) is 0 Å². The summed E-state index contributed by atoms with van der Waals surface area (Å²) in [4.78, 5) is 0. The van der Waals surface area contributed by atoms with Crippen molar-refractivity contribution in [3.8, 4) is 0 Å². The molecule has 2 aliphatic rings. The molecule has 0 aromatic heterocycles. The summed E-state index contributed by atoms with van der Waals surface area (Å²) < 4.78 is 0. The van der Waals surface area contributed by atoms with Gasteiger partial charge in [-0.3, -0.25) is 0 Å². The van der Waals surface area contributed by atoms with Gasteiger partial charge in [0.15, 0.2) is 0 Å². The molecule has 0 N–H and O–H groups in total. The Balaban J connectivity index is 2.20. The monoisotopic (exact) mass is 264 g/mol. The lowest BCUT2D eigenvalue weighted by molar-refractivity contribution is 0.756. The normalized spacial score (nSPS) is 21.3. The van der Waals surface area contributed by atoms with Crippen LogP contribution in [0.5, 0.6) is 0 Å². The minimum Gasteiger partial charge on any atom is -0.0761 e. The van der Waals surface area contributed by atoms with Gasteiger partial charge in [0.2, 0.25) is 0 Å². The van der Waals surface area contributed by atoms with Crippen LogP contribution < -0.4 is 10.4 Å². The molecule has 0 bridgehead atoms. The largest absolute Gasteiger partial charge is 0.0761 e. The highest BCUT2D eigenvalue weighted by atomic mass is 14.2. The van der Waals surface area contributed by atoms with Crippen LogP contribution >= 0.6 is 0 Å². The Hall–Kier alpha value is -1.56. The summed E-state index contributed by atoms with van der Waals surface area (Å²) in [5.41, 5.74) is 7.46. The van der Waals surface area contributed by atoms with E-state index in [0.717, 1.165) is 0 Å². The second-order valence-corrected chi connectivity index (χ2v) is 6.40. The van der Waals surface area contributed by atoms with Crippen molar-refractivity contribution in [2.75, 3.05) is 0 Å². The van der Waals surface area contributed by atoms with Gasteiger partial charge in [-0.1, -0.05) is 41.5 Å². The minimum atomic E-state index is 0.569. The predicted molar refractivity (Wildman–Crippen MR) is 88.2 cm³/mol. The lowest BCUT2D eigenvalue weighted by Crippen LogP contribution is -2.33. The highest BCUT2D eigenvalue weighted by Gasteiger charge is 2.20. The average molecular weight is 264 g/mol. The molecule has 0 heterocycles. The fourth-order valence-corrected chi connectivity index (χ4v) is 3.64. The maximum atomic E-state index is 2.44. The summed E-state index contributed by atoms with van der Waals surface area (Å²) in [6, 6.07) is 2.43. The highest BCUT2D eigenvalue weighted by molar-refractivity contribution is 5.50. The third-order valence-corrected chi connectivity index (χ3v) is 4.87. The van der Waals surface area contributed by atoms with Crippen LogP contribution in [-0.4, -0.2) is 0 Å². The van der Waals surface area contributed by atoms with Gasteiger partial charge < -0.3 is 0 Å². The van der Waals surface area contributed by atoms with Crippen LogP contribution in [0, 0.1) is 13.8 Å². The Morgan fingerprint density at radius 3 is 2.35 bits per heavy atom. The highest BCUT2D eigenvalue weighted by Crippen LogP contribution is 2.34. The van der Waals surface area contributed by atoms with Crippen molar-refractivity contribution in [2.24, 2.45) is 0 Å². The van der Waals surface area contributed by atoms with E-state index < -0.39 is 0 Å². The van der Waals surface area contributed by atoms with E-state index in [2.05, 4.69) is 58.1 Å². The molecule has 104 valence electrons. The van der Waals surface area contributed by atoms with Crippen LogP contribution in [0.3, 0.4) is 0 Å². The van der Waals surface area contributed by atoms with Crippen LogP contribution in [0.25, 0.3) is 12.2 Å². The van der Waals surface area contributed by atoms with Gasteiger partial charge in [0.25, 0.3) is 0 Å². The van der Waals surface area contributed by atoms with Gasteiger partial charge in [-0.25, -0.2) is 0 Å². The number of aryl methyl sites for hydroxylation is 1. The Kier molecular flexibility index (Phi) is 3.41. The smallest absolute Gasteiger partial charge is 0.00886 e. The zero-order valence-corrected chi connectivity index (χ0v) is 13.1. The third kappa shape index (κ3) is 2.18. The fourth-order valence-electron chi connectivity index (χ4n) is 3.64. The molecule has 1 unspecified atom stereocenters. The van der Waals surface area contributed by atoms with E-state index >= 15 is 0 Å². The molecule has 0 saturated carbocycles. The number of rotatable bonds is 1. The molecule has 3 rings (SSSR count). The van der Waals surface area contributed by atoms with Crippen molar-refractivity contribution in [3.05, 3.63) is 56.5 Å². The number of allylic oxidation sites excluding steroid dienone is 4. The van der Waals surface area contributed by atoms with Crippen molar-refractivity contribution in [2.45, 2.75) is 52.9 Å². The van der Waals surface area contributed by atoms with Gasteiger partial charge in [0.1, 0.15) is 0 Å². The first kappa shape index (κ1) is 13.4. The molecule has 1 atom stereocenters. The van der Waals surface area contributed by atoms with Crippen molar-refractivity contribution < 1.29 is 0 Å². The van der Waals surface area contributed by atoms with Crippen LogP contribution in [0.1, 0.15) is 55.7 Å². The molecule has 0 radical (unpaired) electrons. The van der Waals surface area contributed by atoms with Crippen molar-refractivity contribution in [1.29, 1.82) is 0 Å². The minimum absolute atomic E-state index is 0.569. The number of hydrogen-bond donors (Lipinski definition) is 0. The quantitative estimate of drug-likeness (QED) is 0.718. The van der Waals surface area contributed by atoms with E-state index in [4.69, 9.17) is 0 Å². The molecule has 20 heavy (non-hydrogen) atoms. The summed E-state index contributed by atoms with van der Waals surface area (Å²) in [7, 11) is 0. The average Bonchev–Trinajstić information content (AvgIpc) is 2.46. The molecule has 0 nitrogen and oxygen atoms in total. The standard InChI is InChI=1S/C20H24/c1-13-9-10-14(2)19(11-13)20-12-15(3)17-7-5-6-8-18(17)16(20)4/h7-10,12,19H,5-6,11H2,1-4H3. The van der Waals surface area contributed by atoms with Gasteiger partial charge in [-0.15, -0.1) is 0 Å². The van der Waals surface area contributed by atoms with E-state index in [1.54, 1.807) is 0 Å². The van der Waals surface area contributed by atoms with E-state index in [1.165, 1.54) is 57.5 Å². The lowest BCUT2D eigenvalue weighted by atomic mass is 9.79. The summed E-state index contributed by atoms with van der Waals surface area (Å²) in [6.45, 7) is 9.10. The third-order valence-electron chi connectivity index (χ3n) is 4.87. The number of hydrogen-bond acceptors (Lipinski definition) is 0. The van der Waals surface area contributed by atoms with E-state index in [0.29, 0.717) is 5.92 Å². The maximum absolute atomic E-state index is 2.44. The summed E-state index contributed by atoms with van der Waals surface area (Å²) in [5, 5.41) is 2.97. The Bertz CT molecular complexity index is 726. The van der Waals surface area contributed by atoms with Crippen molar-refractivity contribution in [3.63, 3.8) is 0 Å². The molecule has 0 aliphatic heterocycles. The fraction of sp³-hybridized carbons (Fsp3) is 0.400. The van der Waals surface area contributed by atoms with Gasteiger partial charge in [-0.05, 0) is 74.1 Å². The molecule has 1 aromatic carbocycles. The lowest BCUT2D eigenvalue weighted by Gasteiger charge is -2.25. The zero-order chi connectivity index (χ0) is 14.3. The Labute approximate surface area is 122 Å². The molecule has 0 amide bonds. The predicted octanol–water partition coefficient (Wildman–Crippen LogP) is 4.04. The van der Waals surface area contributed by atoms with Gasteiger partial charge >= 0.3 is 0 Å². The second kappa shape index (κ2) is 5.09.